The van der Waals surface area contributed by atoms with E-state index in [0.717, 1.165) is 70.6 Å². The first-order valence-corrected chi connectivity index (χ1v) is 34.1. The summed E-state index contributed by atoms with van der Waals surface area (Å²) in [4.78, 5) is 37.9. The molecular weight excluding hydrogens is 1010 g/mol. The van der Waals surface area contributed by atoms with Crippen LogP contribution in [0.1, 0.15) is 271 Å². The predicted molar refractivity (Wildman–Crippen MR) is 342 cm³/mol. The van der Waals surface area contributed by atoms with Gasteiger partial charge in [0, 0.05) is 12.8 Å². The summed E-state index contributed by atoms with van der Waals surface area (Å²) in [6, 6.07) is 0. The number of phosphoric acid groups is 1. The van der Waals surface area contributed by atoms with Crippen molar-refractivity contribution in [2.75, 3.05) is 47.5 Å². The van der Waals surface area contributed by atoms with Gasteiger partial charge >= 0.3 is 11.9 Å². The zero-order valence-electron chi connectivity index (χ0n) is 52.2. The molecule has 0 aromatic rings. The molecule has 10 heteroatoms. The van der Waals surface area contributed by atoms with E-state index in [1.807, 2.05) is 27.2 Å². The number of allylic oxidation sites excluding steroid dienone is 18. The molecule has 0 aliphatic rings. The van der Waals surface area contributed by atoms with Gasteiger partial charge in [-0.2, -0.15) is 0 Å². The summed E-state index contributed by atoms with van der Waals surface area (Å²) in [6.45, 7) is 4.06. The number of unbranched alkanes of at least 4 members (excludes halogenated alkanes) is 27. The van der Waals surface area contributed by atoms with E-state index in [-0.39, 0.29) is 26.1 Å². The molecule has 0 bridgehead atoms. The van der Waals surface area contributed by atoms with Crippen molar-refractivity contribution in [2.45, 2.75) is 277 Å². The van der Waals surface area contributed by atoms with Crippen LogP contribution in [0.3, 0.4) is 0 Å². The minimum Gasteiger partial charge on any atom is -0.756 e. The van der Waals surface area contributed by atoms with Crippen LogP contribution in [-0.2, 0) is 32.7 Å². The lowest BCUT2D eigenvalue weighted by atomic mass is 10.0. The Morgan fingerprint density at radius 2 is 0.725 bits per heavy atom. The monoisotopic (exact) mass is 1140 g/mol. The van der Waals surface area contributed by atoms with Crippen LogP contribution in [0.2, 0.25) is 0 Å². The number of esters is 2. The van der Waals surface area contributed by atoms with Gasteiger partial charge in [0.2, 0.25) is 0 Å². The van der Waals surface area contributed by atoms with Crippen LogP contribution in [0.25, 0.3) is 0 Å². The van der Waals surface area contributed by atoms with Crippen molar-refractivity contribution in [2.24, 2.45) is 0 Å². The lowest BCUT2D eigenvalue weighted by Gasteiger charge is -2.28. The topological polar surface area (TPSA) is 111 Å². The quantitative estimate of drug-likeness (QED) is 0.0195. The second-order valence-electron chi connectivity index (χ2n) is 22.7. The van der Waals surface area contributed by atoms with Gasteiger partial charge in [0.1, 0.15) is 19.8 Å². The SMILES string of the molecule is CC/C=C\C/C=C\C/C=C\C/C=C\C/C=C\C/C=C\C/C=C\CCCC(=O)OC(COC(=O)CCCCCCCCCCCCCCCCCCCCCCC/C=C\C/C=C\CCCCCCC)COP(=O)([O-])OCC[N+](C)(C)C. The molecule has 0 aromatic carbocycles. The number of carbonyl (C=O) groups is 2. The summed E-state index contributed by atoms with van der Waals surface area (Å²) >= 11 is 0. The number of carbonyl (C=O) groups excluding carboxylic acids is 2. The molecule has 0 fully saturated rings. The van der Waals surface area contributed by atoms with Crippen molar-refractivity contribution in [3.05, 3.63) is 109 Å². The van der Waals surface area contributed by atoms with Crippen molar-refractivity contribution in [3.8, 4) is 0 Å². The average Bonchev–Trinajstić information content (AvgIpc) is 3.42. The minimum atomic E-state index is -4.66. The number of hydrogen-bond donors (Lipinski definition) is 0. The number of hydrogen-bond acceptors (Lipinski definition) is 8. The zero-order valence-corrected chi connectivity index (χ0v) is 53.1. The van der Waals surface area contributed by atoms with E-state index in [9.17, 15) is 19.0 Å². The highest BCUT2D eigenvalue weighted by Gasteiger charge is 2.21. The summed E-state index contributed by atoms with van der Waals surface area (Å²) in [6.07, 6.45) is 84.6. The van der Waals surface area contributed by atoms with Crippen molar-refractivity contribution >= 4 is 19.8 Å². The third-order valence-electron chi connectivity index (χ3n) is 13.8. The number of quaternary nitrogens is 1. The number of likely N-dealkylation sites (N-methyl/N-ethyl adjacent to an activating group) is 1. The number of ether oxygens (including phenoxy) is 2. The van der Waals surface area contributed by atoms with Gasteiger partial charge in [0.25, 0.3) is 7.82 Å². The van der Waals surface area contributed by atoms with E-state index >= 15 is 0 Å². The molecule has 2 unspecified atom stereocenters. The Morgan fingerprint density at radius 3 is 1.10 bits per heavy atom. The van der Waals surface area contributed by atoms with Gasteiger partial charge in [0.15, 0.2) is 6.10 Å². The summed E-state index contributed by atoms with van der Waals surface area (Å²) in [5.41, 5.74) is 0. The molecule has 0 rings (SSSR count). The van der Waals surface area contributed by atoms with E-state index < -0.39 is 32.5 Å². The zero-order chi connectivity index (χ0) is 58.4. The average molecular weight is 1140 g/mol. The Hall–Kier alpha value is -3.33. The molecule has 460 valence electrons. The fourth-order valence-electron chi connectivity index (χ4n) is 8.79. The predicted octanol–water partition coefficient (Wildman–Crippen LogP) is 20.3. The Morgan fingerprint density at radius 1 is 0.400 bits per heavy atom. The molecule has 0 heterocycles. The Kier molecular flexibility index (Phi) is 57.8. The first kappa shape index (κ1) is 76.7. The van der Waals surface area contributed by atoms with Crippen LogP contribution in [0.15, 0.2) is 109 Å². The number of rotatable bonds is 59. The molecule has 80 heavy (non-hydrogen) atoms. The van der Waals surface area contributed by atoms with Gasteiger partial charge in [-0.1, -0.05) is 271 Å². The molecule has 0 aromatic heterocycles. The third kappa shape index (κ3) is 63.8. The summed E-state index contributed by atoms with van der Waals surface area (Å²) in [5, 5.41) is 0. The molecular formula is C70H122NO8P. The maximum absolute atomic E-state index is 12.8. The Balaban J connectivity index is 4.12. The molecule has 0 aliphatic heterocycles. The van der Waals surface area contributed by atoms with Gasteiger partial charge in [-0.3, -0.25) is 14.2 Å². The van der Waals surface area contributed by atoms with Gasteiger partial charge in [-0.25, -0.2) is 0 Å². The van der Waals surface area contributed by atoms with Gasteiger partial charge < -0.3 is 27.9 Å². The summed E-state index contributed by atoms with van der Waals surface area (Å²) in [5.74, 6) is -0.902. The lowest BCUT2D eigenvalue weighted by Crippen LogP contribution is -2.37. The van der Waals surface area contributed by atoms with E-state index in [2.05, 4.69) is 117 Å². The molecule has 2 atom stereocenters. The second kappa shape index (κ2) is 60.3. The summed E-state index contributed by atoms with van der Waals surface area (Å²) in [7, 11) is 1.12. The van der Waals surface area contributed by atoms with Gasteiger partial charge in [0.05, 0.1) is 27.7 Å². The van der Waals surface area contributed by atoms with Crippen LogP contribution in [0, 0.1) is 0 Å². The highest BCUT2D eigenvalue weighted by molar-refractivity contribution is 7.45. The molecule has 0 saturated carbocycles. The molecule has 9 nitrogen and oxygen atoms in total. The van der Waals surface area contributed by atoms with E-state index in [4.69, 9.17) is 18.5 Å². The molecule has 0 aliphatic carbocycles. The highest BCUT2D eigenvalue weighted by atomic mass is 31.2. The van der Waals surface area contributed by atoms with Crippen LogP contribution in [-0.4, -0.2) is 70.0 Å². The molecule has 0 spiro atoms. The fraction of sp³-hybridized carbons (Fsp3) is 0.714. The smallest absolute Gasteiger partial charge is 0.306 e. The maximum Gasteiger partial charge on any atom is 0.306 e. The first-order valence-electron chi connectivity index (χ1n) is 32.6. The second-order valence-corrected chi connectivity index (χ2v) is 24.2. The molecule has 0 radical (unpaired) electrons. The normalized spacial score (nSPS) is 13.9. The van der Waals surface area contributed by atoms with E-state index in [0.29, 0.717) is 23.9 Å². The van der Waals surface area contributed by atoms with Crippen molar-refractivity contribution in [3.63, 3.8) is 0 Å². The standard InChI is InChI=1S/C70H122NO8P/c1-6-8-10-12-14-16-18-20-22-24-26-28-30-31-32-33-34-35-36-37-38-39-41-42-44-46-48-50-52-54-56-58-60-62-69(72)76-66-68(67-78-80(74,75)77-65-64-71(3,4)5)79-70(73)63-61-59-57-55-53-51-49-47-45-43-40-29-27-25-23-21-19-17-15-13-11-9-7-2/h9,11,15,17-18,20-21,23-24,26-27,29,43,45,49,51,55,57,68H,6-8,10,12-14,16,19,22,25,28,30-42,44,46-48,50,52-54,56,58-67H2,1-5H3/b11-9-,17-15-,20-18-,23-21-,26-24-,29-27-,45-43-,51-49-,57-55-. The van der Waals surface area contributed by atoms with E-state index in [1.54, 1.807) is 0 Å². The van der Waals surface area contributed by atoms with Crippen LogP contribution < -0.4 is 4.89 Å². The lowest BCUT2D eigenvalue weighted by molar-refractivity contribution is -0.870. The van der Waals surface area contributed by atoms with Crippen molar-refractivity contribution < 1.29 is 42.1 Å². The van der Waals surface area contributed by atoms with Crippen LogP contribution in [0.4, 0.5) is 0 Å². The number of nitrogens with zero attached hydrogens (tertiary/aromatic N) is 1. The Labute approximate surface area is 493 Å². The van der Waals surface area contributed by atoms with Gasteiger partial charge in [-0.15, -0.1) is 0 Å². The molecule has 0 amide bonds. The van der Waals surface area contributed by atoms with Crippen molar-refractivity contribution in [1.82, 2.24) is 0 Å². The van der Waals surface area contributed by atoms with Gasteiger partial charge in [-0.05, 0) is 96.3 Å². The molecule has 0 N–H and O–H groups in total. The maximum atomic E-state index is 12.8. The number of phosphoric ester groups is 1. The fourth-order valence-corrected chi connectivity index (χ4v) is 9.52. The highest BCUT2D eigenvalue weighted by Crippen LogP contribution is 2.38. The third-order valence-corrected chi connectivity index (χ3v) is 14.7. The first-order chi connectivity index (χ1) is 39.0. The van der Waals surface area contributed by atoms with E-state index in [1.165, 1.54) is 161 Å². The van der Waals surface area contributed by atoms with Crippen molar-refractivity contribution in [1.29, 1.82) is 0 Å². The minimum absolute atomic E-state index is 0.0462. The molecule has 0 saturated heterocycles. The van der Waals surface area contributed by atoms with Crippen LogP contribution >= 0.6 is 7.82 Å². The Bertz CT molecular complexity index is 1720. The largest absolute Gasteiger partial charge is 0.756 e. The summed E-state index contributed by atoms with van der Waals surface area (Å²) < 4.78 is 34.1. The van der Waals surface area contributed by atoms with Crippen LogP contribution in [0.5, 0.6) is 0 Å².